The van der Waals surface area contributed by atoms with E-state index in [2.05, 4.69) is 5.10 Å². The van der Waals surface area contributed by atoms with Gasteiger partial charge in [0.2, 0.25) is 0 Å². The summed E-state index contributed by atoms with van der Waals surface area (Å²) in [6, 6.07) is 7.68. The number of carboxylic acids is 1. The highest BCUT2D eigenvalue weighted by Crippen LogP contribution is 2.28. The number of aliphatic carboxylic acids is 1. The molecule has 2 heterocycles. The minimum Gasteiger partial charge on any atom is -0.488 e. The van der Waals surface area contributed by atoms with Crippen LogP contribution in [0, 0.1) is 6.92 Å². The number of fused-ring (bicyclic) bond motifs is 1. The number of hydrogen-bond acceptors (Lipinski definition) is 4. The number of carbonyl (C=O) groups is 1. The lowest BCUT2D eigenvalue weighted by Crippen LogP contribution is -2.16. The molecule has 0 radical (unpaired) electrons. The van der Waals surface area contributed by atoms with Crippen LogP contribution in [0.15, 0.2) is 36.5 Å². The highest BCUT2D eigenvalue weighted by atomic mass is 16.5. The standard InChI is InChI=1S/C19H21N3O4/c1-12(11-23)26-15-5-4-14-8-9-22(17(14)10-15)19-16(6-7-18(24)25)13(2)20-21(19)3/h4-10,12,23H,11H2,1-3H3,(H,24,25). The number of aryl methyl sites for hydroxylation is 2. The van der Waals surface area contributed by atoms with Gasteiger partial charge in [-0.3, -0.25) is 4.68 Å². The zero-order valence-electron chi connectivity index (χ0n) is 14.9. The lowest BCUT2D eigenvalue weighted by Gasteiger charge is -2.13. The number of rotatable bonds is 6. The molecule has 0 saturated heterocycles. The van der Waals surface area contributed by atoms with Gasteiger partial charge in [0.15, 0.2) is 0 Å². The van der Waals surface area contributed by atoms with Gasteiger partial charge in [-0.05, 0) is 38.1 Å². The van der Waals surface area contributed by atoms with Crippen LogP contribution < -0.4 is 4.74 Å². The van der Waals surface area contributed by atoms with Crippen molar-refractivity contribution < 1.29 is 19.7 Å². The Morgan fingerprint density at radius 1 is 1.38 bits per heavy atom. The number of benzene rings is 1. The van der Waals surface area contributed by atoms with Crippen molar-refractivity contribution in [1.82, 2.24) is 14.3 Å². The Labute approximate surface area is 150 Å². The molecule has 0 bridgehead atoms. The number of aliphatic hydroxyl groups excluding tert-OH is 1. The summed E-state index contributed by atoms with van der Waals surface area (Å²) in [5.41, 5.74) is 2.38. The molecular formula is C19H21N3O4. The topological polar surface area (TPSA) is 89.5 Å². The molecule has 3 aromatic rings. The molecule has 1 atom stereocenters. The lowest BCUT2D eigenvalue weighted by atomic mass is 10.2. The van der Waals surface area contributed by atoms with E-state index in [-0.39, 0.29) is 12.7 Å². The van der Waals surface area contributed by atoms with Gasteiger partial charge in [0.05, 0.1) is 17.8 Å². The maximum Gasteiger partial charge on any atom is 0.328 e. The van der Waals surface area contributed by atoms with E-state index in [0.717, 1.165) is 34.1 Å². The fourth-order valence-electron chi connectivity index (χ4n) is 2.93. The van der Waals surface area contributed by atoms with Gasteiger partial charge in [-0.15, -0.1) is 0 Å². The third-order valence-corrected chi connectivity index (χ3v) is 4.12. The Bertz CT molecular complexity index is 984. The Morgan fingerprint density at radius 3 is 2.85 bits per heavy atom. The van der Waals surface area contributed by atoms with Gasteiger partial charge >= 0.3 is 5.97 Å². The maximum absolute atomic E-state index is 10.9. The summed E-state index contributed by atoms with van der Waals surface area (Å²) in [4.78, 5) is 10.9. The molecule has 0 spiro atoms. The van der Waals surface area contributed by atoms with Crippen molar-refractivity contribution in [3.05, 3.63) is 47.8 Å². The van der Waals surface area contributed by atoms with Crippen molar-refractivity contribution in [1.29, 1.82) is 0 Å². The molecule has 2 N–H and O–H groups in total. The van der Waals surface area contributed by atoms with Crippen LogP contribution in [-0.4, -0.2) is 43.2 Å². The van der Waals surface area contributed by atoms with Crippen LogP contribution >= 0.6 is 0 Å². The van der Waals surface area contributed by atoms with E-state index in [0.29, 0.717) is 5.75 Å². The van der Waals surface area contributed by atoms with Crippen molar-refractivity contribution in [2.45, 2.75) is 20.0 Å². The number of aliphatic hydroxyl groups is 1. The van der Waals surface area contributed by atoms with Crippen LogP contribution in [0.3, 0.4) is 0 Å². The maximum atomic E-state index is 10.9. The fraction of sp³-hybridized carbons (Fsp3) is 0.263. The zero-order chi connectivity index (χ0) is 18.8. The molecule has 7 heteroatoms. The third-order valence-electron chi connectivity index (χ3n) is 4.12. The number of ether oxygens (including phenoxy) is 1. The average molecular weight is 355 g/mol. The molecule has 0 fully saturated rings. The first-order valence-electron chi connectivity index (χ1n) is 8.24. The molecule has 0 amide bonds. The molecule has 3 rings (SSSR count). The molecule has 1 unspecified atom stereocenters. The van der Waals surface area contributed by atoms with E-state index < -0.39 is 5.97 Å². The van der Waals surface area contributed by atoms with Gasteiger partial charge in [-0.1, -0.05) is 0 Å². The molecule has 0 aliphatic carbocycles. The molecule has 0 saturated carbocycles. The summed E-state index contributed by atoms with van der Waals surface area (Å²) >= 11 is 0. The van der Waals surface area contributed by atoms with Crippen molar-refractivity contribution >= 4 is 22.9 Å². The summed E-state index contributed by atoms with van der Waals surface area (Å²) < 4.78 is 9.37. The molecule has 1 aromatic carbocycles. The first kappa shape index (κ1) is 17.8. The van der Waals surface area contributed by atoms with Gasteiger partial charge in [-0.2, -0.15) is 5.10 Å². The Morgan fingerprint density at radius 2 is 2.15 bits per heavy atom. The van der Waals surface area contributed by atoms with Crippen molar-refractivity contribution in [2.24, 2.45) is 7.05 Å². The van der Waals surface area contributed by atoms with Gasteiger partial charge < -0.3 is 19.5 Å². The molecule has 2 aromatic heterocycles. The van der Waals surface area contributed by atoms with E-state index in [9.17, 15) is 9.90 Å². The number of nitrogens with zero attached hydrogens (tertiary/aromatic N) is 3. The molecular weight excluding hydrogens is 334 g/mol. The SMILES string of the molecule is Cc1nn(C)c(-n2ccc3ccc(OC(C)CO)cc32)c1C=CC(=O)O. The first-order chi connectivity index (χ1) is 12.4. The summed E-state index contributed by atoms with van der Waals surface area (Å²) in [6.07, 6.45) is 4.28. The smallest absolute Gasteiger partial charge is 0.328 e. The van der Waals surface area contributed by atoms with Crippen LogP contribution in [0.2, 0.25) is 0 Å². The van der Waals surface area contributed by atoms with Crippen LogP contribution in [0.25, 0.3) is 22.8 Å². The largest absolute Gasteiger partial charge is 0.488 e. The highest BCUT2D eigenvalue weighted by molar-refractivity contribution is 5.87. The van der Waals surface area contributed by atoms with Crippen molar-refractivity contribution in [3.8, 4) is 11.6 Å². The van der Waals surface area contributed by atoms with E-state index in [1.54, 1.807) is 17.7 Å². The van der Waals surface area contributed by atoms with Gasteiger partial charge in [0.25, 0.3) is 0 Å². The van der Waals surface area contributed by atoms with Crippen LogP contribution in [0.5, 0.6) is 5.75 Å². The summed E-state index contributed by atoms with van der Waals surface area (Å²) in [5, 5.41) is 23.6. The minimum atomic E-state index is -1.01. The Hall–Kier alpha value is -3.06. The summed E-state index contributed by atoms with van der Waals surface area (Å²) in [5.74, 6) is 0.410. The van der Waals surface area contributed by atoms with Crippen molar-refractivity contribution in [3.63, 3.8) is 0 Å². The second-order valence-corrected chi connectivity index (χ2v) is 6.14. The molecule has 0 aliphatic rings. The minimum absolute atomic E-state index is 0.0654. The Kier molecular flexibility index (Phi) is 4.81. The highest BCUT2D eigenvalue weighted by Gasteiger charge is 2.16. The van der Waals surface area contributed by atoms with Gasteiger partial charge in [-0.25, -0.2) is 4.79 Å². The predicted molar refractivity (Wildman–Crippen MR) is 98.6 cm³/mol. The summed E-state index contributed by atoms with van der Waals surface area (Å²) in [6.45, 7) is 3.57. The monoisotopic (exact) mass is 355 g/mol. The second-order valence-electron chi connectivity index (χ2n) is 6.14. The van der Waals surface area contributed by atoms with Crippen LogP contribution in [0.4, 0.5) is 0 Å². The fourth-order valence-corrected chi connectivity index (χ4v) is 2.93. The van der Waals surface area contributed by atoms with Crippen LogP contribution in [-0.2, 0) is 11.8 Å². The number of aromatic nitrogens is 3. The predicted octanol–water partition coefficient (Wildman–Crippen LogP) is 2.53. The molecule has 136 valence electrons. The summed E-state index contributed by atoms with van der Waals surface area (Å²) in [7, 11) is 1.82. The van der Waals surface area contributed by atoms with Crippen LogP contribution in [0.1, 0.15) is 18.2 Å². The second kappa shape index (κ2) is 7.05. The zero-order valence-corrected chi connectivity index (χ0v) is 14.9. The number of carboxylic acid groups (broad SMARTS) is 1. The average Bonchev–Trinajstić information content (AvgIpc) is 3.12. The quantitative estimate of drug-likeness (QED) is 0.663. The van der Waals surface area contributed by atoms with E-state index >= 15 is 0 Å². The molecule has 0 aliphatic heterocycles. The molecule has 7 nitrogen and oxygen atoms in total. The third kappa shape index (κ3) is 3.34. The van der Waals surface area contributed by atoms with E-state index in [1.165, 1.54) is 0 Å². The van der Waals surface area contributed by atoms with Gasteiger partial charge in [0, 0.05) is 36.3 Å². The molecule has 26 heavy (non-hydrogen) atoms. The normalized spacial score (nSPS) is 12.8. The number of hydrogen-bond donors (Lipinski definition) is 2. The lowest BCUT2D eigenvalue weighted by molar-refractivity contribution is -0.131. The Balaban J connectivity index is 2.14. The van der Waals surface area contributed by atoms with E-state index in [1.807, 2.05) is 49.0 Å². The van der Waals surface area contributed by atoms with Gasteiger partial charge in [0.1, 0.15) is 17.7 Å². The van der Waals surface area contributed by atoms with Crippen molar-refractivity contribution in [2.75, 3.05) is 6.61 Å². The van der Waals surface area contributed by atoms with E-state index in [4.69, 9.17) is 9.84 Å². The first-order valence-corrected chi connectivity index (χ1v) is 8.24.